The molecule has 1 N–H and O–H groups in total. The topological polar surface area (TPSA) is 80.9 Å². The van der Waals surface area contributed by atoms with E-state index in [1.807, 2.05) is 0 Å². The summed E-state index contributed by atoms with van der Waals surface area (Å²) in [7, 11) is 1.26. The van der Waals surface area contributed by atoms with Crippen LogP contribution in [0.2, 0.25) is 5.02 Å². The molecule has 0 aliphatic rings. The van der Waals surface area contributed by atoms with Crippen LogP contribution in [0.5, 0.6) is 5.88 Å². The Morgan fingerprint density at radius 2 is 2.00 bits per heavy atom. The van der Waals surface area contributed by atoms with Gasteiger partial charge in [0.25, 0.3) is 5.56 Å². The highest BCUT2D eigenvalue weighted by Crippen LogP contribution is 2.35. The highest BCUT2D eigenvalue weighted by molar-refractivity contribution is 6.31. The van der Waals surface area contributed by atoms with Gasteiger partial charge in [-0.2, -0.15) is 4.98 Å². The summed E-state index contributed by atoms with van der Waals surface area (Å²) < 4.78 is 6.05. The van der Waals surface area contributed by atoms with Crippen molar-refractivity contribution in [2.45, 2.75) is 12.3 Å². The lowest BCUT2D eigenvalue weighted by atomic mass is 9.89. The van der Waals surface area contributed by atoms with Crippen molar-refractivity contribution in [3.63, 3.8) is 0 Å². The molecular weight excluding hydrogens is 344 g/mol. The van der Waals surface area contributed by atoms with Crippen molar-refractivity contribution >= 4 is 23.2 Å². The van der Waals surface area contributed by atoms with E-state index in [4.69, 9.17) is 16.3 Å². The molecule has 7 heteroatoms. The van der Waals surface area contributed by atoms with Crippen LogP contribution < -0.4 is 5.56 Å². The second kappa shape index (κ2) is 6.94. The Morgan fingerprint density at radius 1 is 1.28 bits per heavy atom. The number of rotatable bonds is 4. The Hall–Kier alpha value is -2.86. The molecule has 1 atom stereocenters. The van der Waals surface area contributed by atoms with Gasteiger partial charge in [-0.25, -0.2) is 0 Å². The predicted molar refractivity (Wildman–Crippen MR) is 93.1 cm³/mol. The van der Waals surface area contributed by atoms with E-state index >= 15 is 0 Å². The van der Waals surface area contributed by atoms with Gasteiger partial charge in [0.05, 0.1) is 19.1 Å². The standard InChI is InChI=1S/C18H15ClN2O4/c1-25-15(22)10-12(11-6-2-3-7-13(11)19)16-17(23)20-14-8-4-5-9-21(14)18(16)24/h2-9,12,23H,10H2,1H3. The number of fused-ring (bicyclic) bond motifs is 1. The van der Waals surface area contributed by atoms with Crippen molar-refractivity contribution in [3.8, 4) is 5.88 Å². The van der Waals surface area contributed by atoms with Crippen LogP contribution in [0.1, 0.15) is 23.5 Å². The van der Waals surface area contributed by atoms with Gasteiger partial charge < -0.3 is 9.84 Å². The fourth-order valence-electron chi connectivity index (χ4n) is 2.77. The van der Waals surface area contributed by atoms with Crippen LogP contribution in [0.25, 0.3) is 5.65 Å². The average molecular weight is 359 g/mol. The predicted octanol–water partition coefficient (Wildman–Crippen LogP) is 2.75. The maximum atomic E-state index is 12.9. The van der Waals surface area contributed by atoms with Crippen molar-refractivity contribution < 1.29 is 14.6 Å². The summed E-state index contributed by atoms with van der Waals surface area (Å²) in [6, 6.07) is 11.8. The highest BCUT2D eigenvalue weighted by atomic mass is 35.5. The van der Waals surface area contributed by atoms with E-state index < -0.39 is 23.3 Å². The van der Waals surface area contributed by atoms with Crippen molar-refractivity contribution in [1.82, 2.24) is 9.38 Å². The smallest absolute Gasteiger partial charge is 0.306 e. The SMILES string of the molecule is COC(=O)CC(c1ccccc1Cl)c1c(O)nc2ccccn2c1=O. The third-order valence-electron chi connectivity index (χ3n) is 3.98. The van der Waals surface area contributed by atoms with E-state index in [0.29, 0.717) is 16.2 Å². The summed E-state index contributed by atoms with van der Waals surface area (Å²) in [5, 5.41) is 10.8. The van der Waals surface area contributed by atoms with Crippen LogP contribution in [0, 0.1) is 0 Å². The molecule has 0 fully saturated rings. The van der Waals surface area contributed by atoms with Gasteiger partial charge in [-0.3, -0.25) is 14.0 Å². The summed E-state index contributed by atoms with van der Waals surface area (Å²) in [5.41, 5.74) is 0.392. The lowest BCUT2D eigenvalue weighted by Gasteiger charge is -2.18. The number of carbonyl (C=O) groups is 1. The van der Waals surface area contributed by atoms with Crippen LogP contribution in [0.15, 0.2) is 53.5 Å². The second-order valence-electron chi connectivity index (χ2n) is 5.44. The molecule has 0 aliphatic carbocycles. The second-order valence-corrected chi connectivity index (χ2v) is 5.84. The number of hydrogen-bond acceptors (Lipinski definition) is 5. The minimum atomic E-state index is -0.779. The number of halogens is 1. The third kappa shape index (κ3) is 3.21. The Morgan fingerprint density at radius 3 is 2.72 bits per heavy atom. The first-order valence-electron chi connectivity index (χ1n) is 7.54. The van der Waals surface area contributed by atoms with Crippen molar-refractivity contribution in [1.29, 1.82) is 0 Å². The first-order chi connectivity index (χ1) is 12.0. The zero-order valence-electron chi connectivity index (χ0n) is 13.3. The maximum Gasteiger partial charge on any atom is 0.306 e. The summed E-state index contributed by atoms with van der Waals surface area (Å²) in [5.74, 6) is -1.73. The van der Waals surface area contributed by atoms with Gasteiger partial charge in [-0.15, -0.1) is 0 Å². The molecule has 0 radical (unpaired) electrons. The number of aromatic hydroxyl groups is 1. The number of esters is 1. The van der Waals surface area contributed by atoms with Crippen LogP contribution in [-0.2, 0) is 9.53 Å². The molecule has 0 spiro atoms. The van der Waals surface area contributed by atoms with E-state index in [1.54, 1.807) is 48.7 Å². The summed E-state index contributed by atoms with van der Waals surface area (Å²) in [6.07, 6.45) is 1.40. The number of ether oxygens (including phenoxy) is 1. The van der Waals surface area contributed by atoms with Crippen LogP contribution in [0.4, 0.5) is 0 Å². The number of pyridine rings is 1. The van der Waals surface area contributed by atoms with Gasteiger partial charge in [0.15, 0.2) is 0 Å². The highest BCUT2D eigenvalue weighted by Gasteiger charge is 2.28. The van der Waals surface area contributed by atoms with Gasteiger partial charge in [0, 0.05) is 17.1 Å². The number of aromatic nitrogens is 2. The Balaban J connectivity index is 2.27. The van der Waals surface area contributed by atoms with E-state index in [1.165, 1.54) is 11.5 Å². The lowest BCUT2D eigenvalue weighted by Crippen LogP contribution is -2.24. The van der Waals surface area contributed by atoms with E-state index in [2.05, 4.69) is 4.98 Å². The van der Waals surface area contributed by atoms with E-state index in [-0.39, 0.29) is 12.0 Å². The van der Waals surface area contributed by atoms with Gasteiger partial charge in [0.1, 0.15) is 5.65 Å². The number of methoxy groups -OCH3 is 1. The Labute approximate surface area is 148 Å². The number of nitrogens with zero attached hydrogens (tertiary/aromatic N) is 2. The first kappa shape index (κ1) is 17.0. The molecule has 3 aromatic rings. The third-order valence-corrected chi connectivity index (χ3v) is 4.32. The quantitative estimate of drug-likeness (QED) is 0.725. The van der Waals surface area contributed by atoms with Crippen molar-refractivity contribution in [3.05, 3.63) is 75.2 Å². The zero-order chi connectivity index (χ0) is 18.0. The molecule has 0 amide bonds. The van der Waals surface area contributed by atoms with Crippen LogP contribution in [0.3, 0.4) is 0 Å². The Kier molecular flexibility index (Phi) is 4.72. The molecule has 0 aliphatic heterocycles. The van der Waals surface area contributed by atoms with Crippen LogP contribution in [-0.4, -0.2) is 27.6 Å². The molecule has 1 unspecified atom stereocenters. The molecule has 1 aromatic carbocycles. The fourth-order valence-corrected chi connectivity index (χ4v) is 3.04. The van der Waals surface area contributed by atoms with E-state index in [0.717, 1.165) is 0 Å². The molecule has 0 saturated carbocycles. The van der Waals surface area contributed by atoms with Crippen molar-refractivity contribution in [2.75, 3.05) is 7.11 Å². The van der Waals surface area contributed by atoms with Gasteiger partial charge in [-0.05, 0) is 23.8 Å². The average Bonchev–Trinajstić information content (AvgIpc) is 2.61. The molecule has 0 saturated heterocycles. The summed E-state index contributed by atoms with van der Waals surface area (Å²) >= 11 is 6.26. The molecule has 0 bridgehead atoms. The van der Waals surface area contributed by atoms with Gasteiger partial charge >= 0.3 is 5.97 Å². The fraction of sp³-hybridized carbons (Fsp3) is 0.167. The monoisotopic (exact) mass is 358 g/mol. The Bertz CT molecular complexity index is 1000. The van der Waals surface area contributed by atoms with Crippen LogP contribution >= 0.6 is 11.6 Å². The first-order valence-corrected chi connectivity index (χ1v) is 7.92. The normalized spacial score (nSPS) is 12.1. The van der Waals surface area contributed by atoms with Crippen molar-refractivity contribution in [2.24, 2.45) is 0 Å². The summed E-state index contributed by atoms with van der Waals surface area (Å²) in [4.78, 5) is 28.9. The van der Waals surface area contributed by atoms with E-state index in [9.17, 15) is 14.7 Å². The number of hydrogen-bond donors (Lipinski definition) is 1. The summed E-state index contributed by atoms with van der Waals surface area (Å²) in [6.45, 7) is 0. The number of benzene rings is 1. The molecule has 3 rings (SSSR count). The molecule has 25 heavy (non-hydrogen) atoms. The maximum absolute atomic E-state index is 12.9. The van der Waals surface area contributed by atoms with Gasteiger partial charge in [0.2, 0.25) is 5.88 Å². The number of carbonyl (C=O) groups excluding carboxylic acids is 1. The molecular formula is C18H15ClN2O4. The lowest BCUT2D eigenvalue weighted by molar-refractivity contribution is -0.140. The zero-order valence-corrected chi connectivity index (χ0v) is 14.1. The largest absolute Gasteiger partial charge is 0.493 e. The molecule has 6 nitrogen and oxygen atoms in total. The molecule has 128 valence electrons. The minimum Gasteiger partial charge on any atom is -0.493 e. The molecule has 2 heterocycles. The molecule has 2 aromatic heterocycles. The minimum absolute atomic E-state index is 0.00204. The van der Waals surface area contributed by atoms with Gasteiger partial charge in [-0.1, -0.05) is 35.9 Å².